The van der Waals surface area contributed by atoms with E-state index < -0.39 is 5.41 Å². The van der Waals surface area contributed by atoms with Crippen LogP contribution in [0.4, 0.5) is 11.4 Å². The zero-order valence-corrected chi connectivity index (χ0v) is 17.7. The summed E-state index contributed by atoms with van der Waals surface area (Å²) < 4.78 is 5.95. The number of amides is 2. The molecule has 2 aliphatic rings. The first kappa shape index (κ1) is 20.7. The minimum Gasteiger partial charge on any atom is -0.490 e. The summed E-state index contributed by atoms with van der Waals surface area (Å²) in [6.45, 7) is 9.00. The molecule has 1 heterocycles. The highest BCUT2D eigenvalue weighted by Crippen LogP contribution is 2.38. The second-order valence-electron chi connectivity index (χ2n) is 9.42. The van der Waals surface area contributed by atoms with Crippen molar-refractivity contribution in [2.75, 3.05) is 23.4 Å². The Morgan fingerprint density at radius 3 is 2.64 bits per heavy atom. The van der Waals surface area contributed by atoms with E-state index in [1.54, 1.807) is 0 Å². The van der Waals surface area contributed by atoms with Crippen molar-refractivity contribution in [1.29, 1.82) is 0 Å². The molecule has 1 aliphatic carbocycles. The Bertz CT molecular complexity index is 721. The summed E-state index contributed by atoms with van der Waals surface area (Å²) in [5.74, 6) is 1.65. The number of ether oxygens (including phenoxy) is 1. The quantitative estimate of drug-likeness (QED) is 0.774. The average molecular weight is 387 g/mol. The summed E-state index contributed by atoms with van der Waals surface area (Å²) in [6, 6.07) is 5.62. The third-order valence-corrected chi connectivity index (χ3v) is 5.69. The van der Waals surface area contributed by atoms with Crippen molar-refractivity contribution in [3.05, 3.63) is 18.2 Å². The van der Waals surface area contributed by atoms with E-state index in [9.17, 15) is 9.59 Å². The molecule has 0 bridgehead atoms. The molecule has 1 saturated carbocycles. The monoisotopic (exact) mass is 386 g/mol. The number of benzene rings is 1. The molecule has 1 aromatic carbocycles. The molecule has 1 aromatic rings. The molecule has 1 N–H and O–H groups in total. The predicted molar refractivity (Wildman–Crippen MR) is 113 cm³/mol. The first-order valence-corrected chi connectivity index (χ1v) is 10.6. The van der Waals surface area contributed by atoms with Gasteiger partial charge in [-0.1, -0.05) is 33.1 Å². The zero-order valence-electron chi connectivity index (χ0n) is 17.7. The Morgan fingerprint density at radius 2 is 1.96 bits per heavy atom. The third-order valence-electron chi connectivity index (χ3n) is 5.69. The molecule has 0 atom stereocenters. The van der Waals surface area contributed by atoms with Crippen LogP contribution >= 0.6 is 0 Å². The van der Waals surface area contributed by atoms with Crippen LogP contribution in [0.15, 0.2) is 18.2 Å². The Morgan fingerprint density at radius 1 is 1.25 bits per heavy atom. The number of carbonyl (C=O) groups is 2. The molecule has 0 spiro atoms. The normalized spacial score (nSPS) is 19.8. The summed E-state index contributed by atoms with van der Waals surface area (Å²) in [4.78, 5) is 27.5. The molecule has 0 aromatic heterocycles. The number of nitrogens with zero attached hydrogens (tertiary/aromatic N) is 1. The molecule has 154 valence electrons. The van der Waals surface area contributed by atoms with Gasteiger partial charge in [-0.2, -0.15) is 0 Å². The number of rotatable bonds is 5. The van der Waals surface area contributed by atoms with E-state index in [2.05, 4.69) is 19.2 Å². The van der Waals surface area contributed by atoms with E-state index in [0.717, 1.165) is 24.2 Å². The second kappa shape index (κ2) is 8.54. The Hall–Kier alpha value is -2.04. The van der Waals surface area contributed by atoms with Gasteiger partial charge in [0, 0.05) is 18.7 Å². The Kier molecular flexibility index (Phi) is 6.31. The zero-order chi connectivity index (χ0) is 20.3. The van der Waals surface area contributed by atoms with Gasteiger partial charge in [0.2, 0.25) is 11.8 Å². The Labute approximate surface area is 168 Å². The lowest BCUT2D eigenvalue weighted by molar-refractivity contribution is -0.127. The standard InChI is InChI=1S/C23H34N2O3/c1-16(2)14-25-19-13-18(24-21(26)12-17-8-6-5-7-9-17)10-11-20(19)28-15-23(3,4)22(25)27/h10-11,13,16-17H,5-9,12,14-15H2,1-4H3,(H,24,26). The van der Waals surface area contributed by atoms with E-state index in [1.807, 2.05) is 36.9 Å². The summed E-state index contributed by atoms with van der Waals surface area (Å²) in [5, 5.41) is 3.04. The van der Waals surface area contributed by atoms with Crippen LogP contribution in [-0.2, 0) is 9.59 Å². The molecule has 5 nitrogen and oxygen atoms in total. The van der Waals surface area contributed by atoms with E-state index in [1.165, 1.54) is 19.3 Å². The maximum atomic E-state index is 13.1. The van der Waals surface area contributed by atoms with Gasteiger partial charge in [0.15, 0.2) is 0 Å². The topological polar surface area (TPSA) is 58.6 Å². The predicted octanol–water partition coefficient (Wildman–Crippen LogP) is 5.00. The van der Waals surface area contributed by atoms with E-state index in [-0.39, 0.29) is 11.8 Å². The fourth-order valence-corrected chi connectivity index (χ4v) is 4.13. The van der Waals surface area contributed by atoms with Gasteiger partial charge in [-0.05, 0) is 56.7 Å². The summed E-state index contributed by atoms with van der Waals surface area (Å²) in [5.41, 5.74) is 0.891. The lowest BCUT2D eigenvalue weighted by Gasteiger charge is -2.29. The number of nitrogens with one attached hydrogen (secondary N) is 1. The highest BCUT2D eigenvalue weighted by molar-refractivity contribution is 6.00. The first-order valence-electron chi connectivity index (χ1n) is 10.6. The lowest BCUT2D eigenvalue weighted by Crippen LogP contribution is -2.43. The van der Waals surface area contributed by atoms with Crippen LogP contribution in [0.25, 0.3) is 0 Å². The minimum atomic E-state index is -0.585. The van der Waals surface area contributed by atoms with Crippen LogP contribution in [0.3, 0.4) is 0 Å². The van der Waals surface area contributed by atoms with Crippen molar-refractivity contribution in [3.63, 3.8) is 0 Å². The van der Waals surface area contributed by atoms with E-state index >= 15 is 0 Å². The van der Waals surface area contributed by atoms with Gasteiger partial charge in [-0.25, -0.2) is 0 Å². The van der Waals surface area contributed by atoms with E-state index in [0.29, 0.717) is 37.2 Å². The van der Waals surface area contributed by atoms with Crippen molar-refractivity contribution < 1.29 is 14.3 Å². The van der Waals surface area contributed by atoms with Gasteiger partial charge in [0.1, 0.15) is 12.4 Å². The van der Waals surface area contributed by atoms with Gasteiger partial charge in [-0.15, -0.1) is 0 Å². The molecular formula is C23H34N2O3. The number of carbonyl (C=O) groups excluding carboxylic acids is 2. The van der Waals surface area contributed by atoms with Crippen LogP contribution < -0.4 is 15.0 Å². The van der Waals surface area contributed by atoms with E-state index in [4.69, 9.17) is 4.74 Å². The van der Waals surface area contributed by atoms with Crippen molar-refractivity contribution in [3.8, 4) is 5.75 Å². The minimum absolute atomic E-state index is 0.0588. The highest BCUT2D eigenvalue weighted by Gasteiger charge is 2.38. The van der Waals surface area contributed by atoms with Gasteiger partial charge in [0.25, 0.3) is 0 Å². The highest BCUT2D eigenvalue weighted by atomic mass is 16.5. The Balaban J connectivity index is 1.79. The van der Waals surface area contributed by atoms with Gasteiger partial charge >= 0.3 is 0 Å². The van der Waals surface area contributed by atoms with Gasteiger partial charge in [-0.3, -0.25) is 9.59 Å². The smallest absolute Gasteiger partial charge is 0.236 e. The molecule has 1 fully saturated rings. The van der Waals surface area contributed by atoms with Crippen LogP contribution in [0, 0.1) is 17.3 Å². The number of fused-ring (bicyclic) bond motifs is 1. The largest absolute Gasteiger partial charge is 0.490 e. The average Bonchev–Trinajstić information content (AvgIpc) is 2.73. The van der Waals surface area contributed by atoms with Crippen molar-refractivity contribution in [2.45, 2.75) is 66.2 Å². The number of hydrogen-bond acceptors (Lipinski definition) is 3. The fourth-order valence-electron chi connectivity index (χ4n) is 4.13. The first-order chi connectivity index (χ1) is 13.3. The SMILES string of the molecule is CC(C)CN1C(=O)C(C)(C)COc2ccc(NC(=O)CC3CCCCC3)cc21. The number of hydrogen-bond donors (Lipinski definition) is 1. The molecule has 0 saturated heterocycles. The van der Waals surface area contributed by atoms with Crippen LogP contribution in [0.1, 0.15) is 66.2 Å². The maximum absolute atomic E-state index is 13.1. The van der Waals surface area contributed by atoms with Crippen molar-refractivity contribution in [2.24, 2.45) is 17.3 Å². The summed E-state index contributed by atoms with van der Waals surface area (Å²) in [6.07, 6.45) is 6.63. The van der Waals surface area contributed by atoms with Crippen molar-refractivity contribution in [1.82, 2.24) is 0 Å². The molecule has 0 unspecified atom stereocenters. The lowest BCUT2D eigenvalue weighted by atomic mass is 9.87. The molecule has 0 radical (unpaired) electrons. The van der Waals surface area contributed by atoms with Crippen LogP contribution in [0.2, 0.25) is 0 Å². The van der Waals surface area contributed by atoms with Crippen molar-refractivity contribution >= 4 is 23.2 Å². The molecule has 5 heteroatoms. The third kappa shape index (κ3) is 4.86. The maximum Gasteiger partial charge on any atom is 0.236 e. The van der Waals surface area contributed by atoms with Crippen LogP contribution in [-0.4, -0.2) is 25.0 Å². The fraction of sp³-hybridized carbons (Fsp3) is 0.652. The summed E-state index contributed by atoms with van der Waals surface area (Å²) in [7, 11) is 0. The second-order valence-corrected chi connectivity index (χ2v) is 9.42. The summed E-state index contributed by atoms with van der Waals surface area (Å²) >= 11 is 0. The van der Waals surface area contributed by atoms with Crippen LogP contribution in [0.5, 0.6) is 5.75 Å². The van der Waals surface area contributed by atoms with Gasteiger partial charge in [0.05, 0.1) is 11.1 Å². The van der Waals surface area contributed by atoms with Gasteiger partial charge < -0.3 is 15.0 Å². The molecular weight excluding hydrogens is 352 g/mol. The molecule has 1 aliphatic heterocycles. The molecule has 2 amide bonds. The molecule has 28 heavy (non-hydrogen) atoms. The number of anilines is 2. The molecule has 3 rings (SSSR count).